The average Bonchev–Trinajstić information content (AvgIpc) is 2.40. The summed E-state index contributed by atoms with van der Waals surface area (Å²) in [7, 11) is 1.36. The van der Waals surface area contributed by atoms with Gasteiger partial charge in [-0.3, -0.25) is 9.59 Å². The van der Waals surface area contributed by atoms with Crippen molar-refractivity contribution in [1.29, 1.82) is 0 Å². The summed E-state index contributed by atoms with van der Waals surface area (Å²) in [6.45, 7) is 3.82. The van der Waals surface area contributed by atoms with Gasteiger partial charge in [-0.1, -0.05) is 17.7 Å². The van der Waals surface area contributed by atoms with Crippen LogP contribution >= 0.6 is 11.8 Å². The molecule has 0 spiro atoms. The first-order chi connectivity index (χ1) is 9.02. The number of aryl methyl sites for hydroxylation is 1. The number of anilines is 1. The fourth-order valence-electron chi connectivity index (χ4n) is 1.38. The summed E-state index contributed by atoms with van der Waals surface area (Å²) in [5.74, 6) is 0.271. The van der Waals surface area contributed by atoms with Crippen molar-refractivity contribution in [3.8, 4) is 0 Å². The summed E-state index contributed by atoms with van der Waals surface area (Å²) < 4.78 is 4.55. The number of hydrogen-bond acceptors (Lipinski definition) is 4. The van der Waals surface area contributed by atoms with Gasteiger partial charge in [-0.25, -0.2) is 0 Å². The van der Waals surface area contributed by atoms with Crippen LogP contribution < -0.4 is 5.32 Å². The summed E-state index contributed by atoms with van der Waals surface area (Å²) in [6, 6.07) is 7.65. The zero-order chi connectivity index (χ0) is 14.3. The lowest BCUT2D eigenvalue weighted by atomic mass is 10.2. The van der Waals surface area contributed by atoms with E-state index in [1.165, 1.54) is 18.9 Å². The molecule has 0 fully saturated rings. The maximum Gasteiger partial charge on any atom is 0.306 e. The molecule has 0 aliphatic carbocycles. The smallest absolute Gasteiger partial charge is 0.306 e. The number of hydrogen-bond donors (Lipinski definition) is 1. The maximum absolute atomic E-state index is 11.9. The first-order valence-electron chi connectivity index (χ1n) is 6.09. The monoisotopic (exact) mass is 281 g/mol. The summed E-state index contributed by atoms with van der Waals surface area (Å²) in [6.07, 6.45) is 0.323. The van der Waals surface area contributed by atoms with Crippen LogP contribution in [0.15, 0.2) is 24.3 Å². The lowest BCUT2D eigenvalue weighted by Gasteiger charge is -2.11. The molecular weight excluding hydrogens is 262 g/mol. The Morgan fingerprint density at radius 3 is 2.53 bits per heavy atom. The maximum atomic E-state index is 11.9. The number of methoxy groups -OCH3 is 1. The summed E-state index contributed by atoms with van der Waals surface area (Å²) >= 11 is 1.44. The number of carbonyl (C=O) groups excluding carboxylic acids is 2. The number of carbonyl (C=O) groups is 2. The van der Waals surface area contributed by atoms with Gasteiger partial charge in [0.1, 0.15) is 0 Å². The fraction of sp³-hybridized carbons (Fsp3) is 0.429. The van der Waals surface area contributed by atoms with E-state index in [9.17, 15) is 9.59 Å². The number of esters is 1. The van der Waals surface area contributed by atoms with E-state index in [1.54, 1.807) is 0 Å². The van der Waals surface area contributed by atoms with Crippen molar-refractivity contribution < 1.29 is 14.3 Å². The summed E-state index contributed by atoms with van der Waals surface area (Å²) in [5.41, 5.74) is 1.94. The highest BCUT2D eigenvalue weighted by Crippen LogP contribution is 2.15. The molecule has 0 aromatic heterocycles. The normalized spacial score (nSPS) is 11.7. The quantitative estimate of drug-likeness (QED) is 0.814. The van der Waals surface area contributed by atoms with Crippen molar-refractivity contribution >= 4 is 29.3 Å². The summed E-state index contributed by atoms with van der Waals surface area (Å²) in [4.78, 5) is 22.8. The van der Waals surface area contributed by atoms with Gasteiger partial charge in [0.25, 0.3) is 0 Å². The van der Waals surface area contributed by atoms with Crippen molar-refractivity contribution in [1.82, 2.24) is 0 Å². The van der Waals surface area contributed by atoms with Crippen LogP contribution in [-0.2, 0) is 14.3 Å². The van der Waals surface area contributed by atoms with Crippen LogP contribution in [0.3, 0.4) is 0 Å². The van der Waals surface area contributed by atoms with Crippen LogP contribution in [0.1, 0.15) is 18.9 Å². The van der Waals surface area contributed by atoms with Crippen molar-refractivity contribution in [2.45, 2.75) is 25.5 Å². The minimum absolute atomic E-state index is 0.0567. The molecule has 19 heavy (non-hydrogen) atoms. The van der Waals surface area contributed by atoms with E-state index in [4.69, 9.17) is 0 Å². The molecule has 0 radical (unpaired) electrons. The van der Waals surface area contributed by atoms with Crippen molar-refractivity contribution in [3.63, 3.8) is 0 Å². The minimum atomic E-state index is -0.251. The van der Waals surface area contributed by atoms with Crippen LogP contribution in [0.5, 0.6) is 0 Å². The van der Waals surface area contributed by atoms with E-state index >= 15 is 0 Å². The van der Waals surface area contributed by atoms with Crippen molar-refractivity contribution in [3.05, 3.63) is 29.8 Å². The topological polar surface area (TPSA) is 55.4 Å². The second-order valence-electron chi connectivity index (χ2n) is 4.19. The van der Waals surface area contributed by atoms with Gasteiger partial charge < -0.3 is 10.1 Å². The number of nitrogens with one attached hydrogen (secondary N) is 1. The van der Waals surface area contributed by atoms with Crippen molar-refractivity contribution in [2.24, 2.45) is 0 Å². The molecule has 1 N–H and O–H groups in total. The van der Waals surface area contributed by atoms with E-state index in [-0.39, 0.29) is 17.1 Å². The standard InChI is InChI=1S/C14H19NO3S/c1-10-4-6-12(7-5-10)15-14(17)11(2)19-9-8-13(16)18-3/h4-7,11H,8-9H2,1-3H3,(H,15,17)/t11-/m0/s1. The van der Waals surface area contributed by atoms with E-state index in [1.807, 2.05) is 38.1 Å². The lowest BCUT2D eigenvalue weighted by Crippen LogP contribution is -2.23. The molecule has 0 aliphatic heterocycles. The fourth-order valence-corrected chi connectivity index (χ4v) is 2.23. The Balaban J connectivity index is 2.36. The first-order valence-corrected chi connectivity index (χ1v) is 7.13. The lowest BCUT2D eigenvalue weighted by molar-refractivity contribution is -0.140. The predicted octanol–water partition coefficient (Wildman–Crippen LogP) is 2.62. The van der Waals surface area contributed by atoms with Gasteiger partial charge in [0.2, 0.25) is 5.91 Å². The first kappa shape index (κ1) is 15.6. The Labute approximate surface area is 117 Å². The van der Waals surface area contributed by atoms with Gasteiger partial charge in [-0.15, -0.1) is 11.8 Å². The number of thioether (sulfide) groups is 1. The third-order valence-corrected chi connectivity index (χ3v) is 3.74. The van der Waals surface area contributed by atoms with Gasteiger partial charge in [0, 0.05) is 11.4 Å². The van der Waals surface area contributed by atoms with E-state index < -0.39 is 0 Å². The van der Waals surface area contributed by atoms with Crippen LogP contribution in [0.4, 0.5) is 5.69 Å². The Morgan fingerprint density at radius 1 is 1.32 bits per heavy atom. The molecule has 0 bridgehead atoms. The van der Waals surface area contributed by atoms with Gasteiger partial charge >= 0.3 is 5.97 Å². The number of amides is 1. The Morgan fingerprint density at radius 2 is 1.95 bits per heavy atom. The third-order valence-electron chi connectivity index (χ3n) is 2.59. The molecule has 5 heteroatoms. The van der Waals surface area contributed by atoms with E-state index in [2.05, 4.69) is 10.1 Å². The Kier molecular flexibility index (Phi) is 6.42. The van der Waals surface area contributed by atoms with E-state index in [0.717, 1.165) is 11.3 Å². The van der Waals surface area contributed by atoms with Gasteiger partial charge in [0.05, 0.1) is 18.8 Å². The molecule has 1 aromatic carbocycles. The molecular formula is C14H19NO3S. The second-order valence-corrected chi connectivity index (χ2v) is 5.64. The molecule has 1 aromatic rings. The zero-order valence-electron chi connectivity index (χ0n) is 11.4. The summed E-state index contributed by atoms with van der Waals surface area (Å²) in [5, 5.41) is 2.64. The Hall–Kier alpha value is -1.49. The van der Waals surface area contributed by atoms with E-state index in [0.29, 0.717) is 12.2 Å². The highest BCUT2D eigenvalue weighted by atomic mass is 32.2. The molecule has 4 nitrogen and oxygen atoms in total. The van der Waals surface area contributed by atoms with Gasteiger partial charge in [-0.2, -0.15) is 0 Å². The molecule has 1 rings (SSSR count). The molecule has 1 amide bonds. The minimum Gasteiger partial charge on any atom is -0.469 e. The molecule has 0 aliphatic rings. The van der Waals surface area contributed by atoms with Crippen LogP contribution in [0, 0.1) is 6.92 Å². The SMILES string of the molecule is COC(=O)CCS[C@@H](C)C(=O)Nc1ccc(C)cc1. The highest BCUT2D eigenvalue weighted by molar-refractivity contribution is 8.00. The van der Waals surface area contributed by atoms with Gasteiger partial charge in [-0.05, 0) is 26.0 Å². The second kappa shape index (κ2) is 7.84. The van der Waals surface area contributed by atoms with Crippen LogP contribution in [0.2, 0.25) is 0 Å². The van der Waals surface area contributed by atoms with Gasteiger partial charge in [0.15, 0.2) is 0 Å². The third kappa shape index (κ3) is 5.79. The van der Waals surface area contributed by atoms with Crippen LogP contribution in [0.25, 0.3) is 0 Å². The molecule has 0 heterocycles. The Bertz CT molecular complexity index is 431. The number of ether oxygens (including phenoxy) is 1. The molecule has 0 unspecified atom stereocenters. The number of benzene rings is 1. The molecule has 104 valence electrons. The predicted molar refractivity (Wildman–Crippen MR) is 78.4 cm³/mol. The molecule has 1 atom stereocenters. The average molecular weight is 281 g/mol. The molecule has 0 saturated carbocycles. The largest absolute Gasteiger partial charge is 0.469 e. The zero-order valence-corrected chi connectivity index (χ0v) is 12.3. The van der Waals surface area contributed by atoms with Crippen molar-refractivity contribution in [2.75, 3.05) is 18.2 Å². The number of rotatable bonds is 6. The highest BCUT2D eigenvalue weighted by Gasteiger charge is 2.14. The van der Waals surface area contributed by atoms with Crippen LogP contribution in [-0.4, -0.2) is 30.0 Å². The molecule has 0 saturated heterocycles.